The lowest BCUT2D eigenvalue weighted by molar-refractivity contribution is 0.0740. The zero-order valence-corrected chi connectivity index (χ0v) is 21.2. The lowest BCUT2D eigenvalue weighted by Crippen LogP contribution is -2.21. The average molecular weight is 519 g/mol. The Hall–Kier alpha value is -3.44. The Morgan fingerprint density at radius 1 is 1.17 bits per heavy atom. The van der Waals surface area contributed by atoms with Crippen LogP contribution in [-0.4, -0.2) is 12.2 Å². The summed E-state index contributed by atoms with van der Waals surface area (Å²) in [7, 11) is 0. The highest BCUT2D eigenvalue weighted by Gasteiger charge is 2.31. The number of hydrogen-bond donors (Lipinski definition) is 1. The minimum Gasteiger partial charge on any atom is -0.440 e. The van der Waals surface area contributed by atoms with Crippen LogP contribution in [0.4, 0.5) is 0 Å². The van der Waals surface area contributed by atoms with Crippen LogP contribution >= 0.6 is 34.7 Å². The van der Waals surface area contributed by atoms with E-state index >= 15 is 0 Å². The molecule has 1 unspecified atom stereocenters. The fraction of sp³-hybridized carbons (Fsp3) is 0.111. The second-order valence-electron chi connectivity index (χ2n) is 8.03. The van der Waals surface area contributed by atoms with Crippen molar-refractivity contribution in [2.24, 2.45) is 5.73 Å². The lowest BCUT2D eigenvalue weighted by Gasteiger charge is -2.26. The molecule has 0 aliphatic carbocycles. The Morgan fingerprint density at radius 2 is 1.94 bits per heavy atom. The van der Waals surface area contributed by atoms with Gasteiger partial charge in [0.1, 0.15) is 28.0 Å². The van der Waals surface area contributed by atoms with Crippen molar-refractivity contribution in [1.82, 2.24) is 0 Å². The van der Waals surface area contributed by atoms with Gasteiger partial charge in [0, 0.05) is 26.6 Å². The van der Waals surface area contributed by atoms with E-state index < -0.39 is 5.97 Å². The van der Waals surface area contributed by atoms with Gasteiger partial charge in [0.05, 0.1) is 10.9 Å². The summed E-state index contributed by atoms with van der Waals surface area (Å²) in [6.45, 7) is 1.99. The molecule has 0 radical (unpaired) electrons. The van der Waals surface area contributed by atoms with Gasteiger partial charge >= 0.3 is 5.97 Å². The summed E-state index contributed by atoms with van der Waals surface area (Å²) in [5.74, 6) is -0.169. The van der Waals surface area contributed by atoms with Crippen molar-refractivity contribution in [2.45, 2.75) is 17.7 Å². The summed E-state index contributed by atoms with van der Waals surface area (Å²) in [4.78, 5) is 14.4. The fourth-order valence-corrected chi connectivity index (χ4v) is 5.99. The largest absolute Gasteiger partial charge is 0.440 e. The normalized spacial score (nSPS) is 14.9. The predicted molar refractivity (Wildman–Crippen MR) is 140 cm³/mol. The molecule has 0 fully saturated rings. The number of nitrogens with two attached hydrogens (primary N) is 1. The third kappa shape index (κ3) is 4.25. The van der Waals surface area contributed by atoms with Gasteiger partial charge in [0.15, 0.2) is 0 Å². The molecule has 2 N–H and O–H groups in total. The SMILES string of the molecule is CSc1ccc(C2C(C#N)=C(N)Oc3cc(OC(=O)c4sc5cc(C)ccc5c4Cl)ccc32)cc1. The number of nitrogens with zero attached hydrogens (tertiary/aromatic N) is 1. The Morgan fingerprint density at radius 3 is 2.66 bits per heavy atom. The molecule has 8 heteroatoms. The first-order valence-corrected chi connectivity index (χ1v) is 13.1. The summed E-state index contributed by atoms with van der Waals surface area (Å²) < 4.78 is 12.3. The van der Waals surface area contributed by atoms with Crippen LogP contribution in [0, 0.1) is 18.3 Å². The van der Waals surface area contributed by atoms with Gasteiger partial charge < -0.3 is 15.2 Å². The average Bonchev–Trinajstić information content (AvgIpc) is 3.18. The summed E-state index contributed by atoms with van der Waals surface area (Å²) >= 11 is 9.41. The van der Waals surface area contributed by atoms with Gasteiger partial charge in [-0.1, -0.05) is 41.9 Å². The molecule has 4 aromatic rings. The van der Waals surface area contributed by atoms with E-state index in [0.717, 1.165) is 31.7 Å². The number of thiophene rings is 1. The number of thioether (sulfide) groups is 1. The maximum absolute atomic E-state index is 13.0. The highest BCUT2D eigenvalue weighted by atomic mass is 35.5. The summed E-state index contributed by atoms with van der Waals surface area (Å²) in [5.41, 5.74) is 9.22. The zero-order chi connectivity index (χ0) is 24.7. The number of hydrogen-bond acceptors (Lipinski definition) is 7. The maximum atomic E-state index is 13.0. The van der Waals surface area contributed by atoms with Crippen LogP contribution in [0.15, 0.2) is 77.0 Å². The number of ether oxygens (including phenoxy) is 2. The molecule has 5 rings (SSSR count). The van der Waals surface area contributed by atoms with Gasteiger partial charge in [-0.3, -0.25) is 0 Å². The molecule has 174 valence electrons. The molecule has 0 amide bonds. The first-order valence-electron chi connectivity index (χ1n) is 10.7. The van der Waals surface area contributed by atoms with Gasteiger partial charge in [-0.2, -0.15) is 5.26 Å². The molecule has 0 saturated heterocycles. The molecular weight excluding hydrogens is 500 g/mol. The molecule has 1 atom stereocenters. The van der Waals surface area contributed by atoms with Crippen molar-refractivity contribution in [3.63, 3.8) is 0 Å². The number of esters is 1. The Labute approximate surface area is 215 Å². The van der Waals surface area contributed by atoms with Gasteiger partial charge in [-0.05, 0) is 48.6 Å². The van der Waals surface area contributed by atoms with Crippen molar-refractivity contribution in [3.05, 3.63) is 98.7 Å². The number of aryl methyl sites for hydroxylation is 1. The number of carbonyl (C=O) groups excluding carboxylic acids is 1. The molecule has 0 spiro atoms. The fourth-order valence-electron chi connectivity index (χ4n) is 4.10. The van der Waals surface area contributed by atoms with E-state index in [9.17, 15) is 10.1 Å². The molecule has 3 aromatic carbocycles. The minimum atomic E-state index is -0.546. The molecule has 2 heterocycles. The van der Waals surface area contributed by atoms with E-state index in [4.69, 9.17) is 26.8 Å². The molecular formula is C27H19ClN2O3S2. The summed E-state index contributed by atoms with van der Waals surface area (Å²) in [6, 6.07) is 21.1. The molecule has 0 bridgehead atoms. The zero-order valence-electron chi connectivity index (χ0n) is 18.8. The second kappa shape index (κ2) is 9.31. The monoisotopic (exact) mass is 518 g/mol. The second-order valence-corrected chi connectivity index (χ2v) is 10.3. The van der Waals surface area contributed by atoms with Crippen LogP contribution < -0.4 is 15.2 Å². The van der Waals surface area contributed by atoms with Crippen molar-refractivity contribution < 1.29 is 14.3 Å². The van der Waals surface area contributed by atoms with Gasteiger partial charge in [0.25, 0.3) is 0 Å². The third-order valence-electron chi connectivity index (χ3n) is 5.82. The van der Waals surface area contributed by atoms with Crippen molar-refractivity contribution in [3.8, 4) is 17.6 Å². The maximum Gasteiger partial charge on any atom is 0.355 e. The van der Waals surface area contributed by atoms with Crippen LogP contribution in [0.3, 0.4) is 0 Å². The lowest BCUT2D eigenvalue weighted by atomic mass is 9.83. The van der Waals surface area contributed by atoms with Crippen LogP contribution in [0.2, 0.25) is 5.02 Å². The standard InChI is InChI=1S/C27H19ClN2O3S2/c1-14-3-9-19-22(11-14)35-25(24(19)28)27(31)32-16-6-10-18-21(12-16)33-26(30)20(13-29)23(18)15-4-7-17(34-2)8-5-15/h3-12,23H,30H2,1-2H3. The van der Waals surface area contributed by atoms with E-state index in [2.05, 4.69) is 6.07 Å². The highest BCUT2D eigenvalue weighted by Crippen LogP contribution is 2.44. The van der Waals surface area contributed by atoms with Crippen LogP contribution in [0.25, 0.3) is 10.1 Å². The number of nitriles is 1. The number of allylic oxidation sites excluding steroid dienone is 1. The quantitative estimate of drug-likeness (QED) is 0.177. The Kier molecular flexibility index (Phi) is 6.20. The van der Waals surface area contributed by atoms with E-state index in [1.54, 1.807) is 30.0 Å². The predicted octanol–water partition coefficient (Wildman–Crippen LogP) is 7.02. The number of halogens is 1. The van der Waals surface area contributed by atoms with Crippen LogP contribution in [-0.2, 0) is 0 Å². The highest BCUT2D eigenvalue weighted by molar-refractivity contribution is 7.98. The Bertz CT molecular complexity index is 1550. The number of rotatable bonds is 4. The van der Waals surface area contributed by atoms with Crippen molar-refractivity contribution in [2.75, 3.05) is 6.26 Å². The van der Waals surface area contributed by atoms with Crippen molar-refractivity contribution in [1.29, 1.82) is 5.26 Å². The van der Waals surface area contributed by atoms with E-state index in [1.165, 1.54) is 11.3 Å². The van der Waals surface area contributed by atoms with E-state index in [0.29, 0.717) is 27.0 Å². The molecule has 0 saturated carbocycles. The molecule has 35 heavy (non-hydrogen) atoms. The van der Waals surface area contributed by atoms with E-state index in [1.807, 2.05) is 55.6 Å². The topological polar surface area (TPSA) is 85.3 Å². The molecule has 1 aliphatic rings. The third-order valence-corrected chi connectivity index (χ3v) is 8.20. The Balaban J connectivity index is 1.48. The molecule has 5 nitrogen and oxygen atoms in total. The van der Waals surface area contributed by atoms with Gasteiger partial charge in [0.2, 0.25) is 5.88 Å². The van der Waals surface area contributed by atoms with E-state index in [-0.39, 0.29) is 11.8 Å². The first-order chi connectivity index (χ1) is 16.9. The first kappa shape index (κ1) is 23.3. The van der Waals surface area contributed by atoms with Crippen LogP contribution in [0.1, 0.15) is 32.3 Å². The van der Waals surface area contributed by atoms with Crippen LogP contribution in [0.5, 0.6) is 11.5 Å². The number of carbonyl (C=O) groups is 1. The molecule has 1 aliphatic heterocycles. The minimum absolute atomic E-state index is 0.0327. The summed E-state index contributed by atoms with van der Waals surface area (Å²) in [5, 5.41) is 11.0. The van der Waals surface area contributed by atoms with Gasteiger partial charge in [-0.25, -0.2) is 4.79 Å². The number of fused-ring (bicyclic) bond motifs is 2. The summed E-state index contributed by atoms with van der Waals surface area (Å²) in [6.07, 6.45) is 2.01. The van der Waals surface area contributed by atoms with Crippen molar-refractivity contribution >= 4 is 50.8 Å². The van der Waals surface area contributed by atoms with Gasteiger partial charge in [-0.15, -0.1) is 23.1 Å². The number of benzene rings is 3. The molecule has 1 aromatic heterocycles. The smallest absolute Gasteiger partial charge is 0.355 e.